The van der Waals surface area contributed by atoms with Crippen molar-refractivity contribution in [3.8, 4) is 0 Å². The van der Waals surface area contributed by atoms with E-state index in [1.165, 1.54) is 12.1 Å². The fourth-order valence-corrected chi connectivity index (χ4v) is 3.42. The highest BCUT2D eigenvalue weighted by molar-refractivity contribution is 6.31. The van der Waals surface area contributed by atoms with Gasteiger partial charge in [0.2, 0.25) is 0 Å². The molecule has 0 amide bonds. The molecule has 2 aromatic carbocycles. The molecule has 2 N–H and O–H groups in total. The van der Waals surface area contributed by atoms with Crippen LogP contribution in [0.4, 0.5) is 15.8 Å². The van der Waals surface area contributed by atoms with Gasteiger partial charge in [0.1, 0.15) is 5.82 Å². The van der Waals surface area contributed by atoms with Crippen LogP contribution in [0.15, 0.2) is 48.7 Å². The highest BCUT2D eigenvalue weighted by Gasteiger charge is 2.16. The molecule has 5 nitrogen and oxygen atoms in total. The van der Waals surface area contributed by atoms with Crippen LogP contribution in [0.1, 0.15) is 22.3 Å². The number of halogens is 2. The Balaban J connectivity index is 1.89. The summed E-state index contributed by atoms with van der Waals surface area (Å²) in [6.07, 6.45) is 4.45. The predicted molar refractivity (Wildman–Crippen MR) is 107 cm³/mol. The minimum absolute atomic E-state index is 0.134. The maximum Gasteiger partial charge on any atom is 0.335 e. The van der Waals surface area contributed by atoms with E-state index in [4.69, 9.17) is 16.3 Å². The van der Waals surface area contributed by atoms with Crippen molar-refractivity contribution in [1.82, 2.24) is 4.98 Å². The van der Waals surface area contributed by atoms with Crippen LogP contribution < -0.4 is 5.32 Å². The van der Waals surface area contributed by atoms with E-state index in [0.29, 0.717) is 36.0 Å². The number of hydrogen-bond acceptors (Lipinski definition) is 4. The van der Waals surface area contributed by atoms with Crippen molar-refractivity contribution in [2.75, 3.05) is 18.5 Å². The largest absolute Gasteiger partial charge is 0.478 e. The lowest BCUT2D eigenvalue weighted by Crippen LogP contribution is -2.07. The summed E-state index contributed by atoms with van der Waals surface area (Å²) in [5.74, 6) is -1.83. The standard InChI is InChI=1S/C21H16ClFN2O3/c22-14-1-2-19-17(9-14)20(18(11-24-19)12-3-5-28-6-4-12)25-16-8-13(21(26)27)7-15(23)10-16/h1-3,7-11H,4-6H2,(H,24,25)(H,26,27). The molecule has 0 aliphatic carbocycles. The normalized spacial score (nSPS) is 14.0. The predicted octanol–water partition coefficient (Wildman–Crippen LogP) is 5.27. The molecule has 0 bridgehead atoms. The van der Waals surface area contributed by atoms with Crippen LogP contribution in [0.3, 0.4) is 0 Å². The van der Waals surface area contributed by atoms with Gasteiger partial charge in [0.05, 0.1) is 30.0 Å². The maximum atomic E-state index is 14.0. The smallest absolute Gasteiger partial charge is 0.335 e. The summed E-state index contributed by atoms with van der Waals surface area (Å²) in [6.45, 7) is 1.10. The van der Waals surface area contributed by atoms with E-state index in [1.54, 1.807) is 24.4 Å². The van der Waals surface area contributed by atoms with Gasteiger partial charge >= 0.3 is 5.97 Å². The first-order valence-electron chi connectivity index (χ1n) is 8.67. The second-order valence-corrected chi connectivity index (χ2v) is 6.86. The molecule has 1 aliphatic heterocycles. The van der Waals surface area contributed by atoms with E-state index in [0.717, 1.165) is 28.1 Å². The number of carboxylic acid groups (broad SMARTS) is 1. The number of anilines is 2. The van der Waals surface area contributed by atoms with Gasteiger partial charge in [-0.05, 0) is 48.4 Å². The minimum atomic E-state index is -1.20. The maximum absolute atomic E-state index is 14.0. The molecule has 0 unspecified atom stereocenters. The first-order valence-corrected chi connectivity index (χ1v) is 9.05. The Morgan fingerprint density at radius 3 is 2.86 bits per heavy atom. The van der Waals surface area contributed by atoms with Gasteiger partial charge in [-0.1, -0.05) is 17.7 Å². The highest BCUT2D eigenvalue weighted by Crippen LogP contribution is 2.36. The molecule has 1 aliphatic rings. The second kappa shape index (κ2) is 7.58. The molecule has 3 aromatic rings. The Kier molecular flexibility index (Phi) is 4.98. The van der Waals surface area contributed by atoms with Gasteiger partial charge in [0.15, 0.2) is 0 Å². The monoisotopic (exact) mass is 398 g/mol. The van der Waals surface area contributed by atoms with E-state index in [1.807, 2.05) is 6.08 Å². The number of benzene rings is 2. The summed E-state index contributed by atoms with van der Waals surface area (Å²) in [7, 11) is 0. The minimum Gasteiger partial charge on any atom is -0.478 e. The molecule has 0 radical (unpaired) electrons. The van der Waals surface area contributed by atoms with Gasteiger partial charge in [0, 0.05) is 27.9 Å². The Morgan fingerprint density at radius 2 is 2.11 bits per heavy atom. The number of rotatable bonds is 4. The van der Waals surface area contributed by atoms with Crippen molar-refractivity contribution < 1.29 is 19.0 Å². The lowest BCUT2D eigenvalue weighted by molar-refractivity contribution is 0.0696. The number of aromatic nitrogens is 1. The molecule has 28 heavy (non-hydrogen) atoms. The van der Waals surface area contributed by atoms with Crippen molar-refractivity contribution in [3.05, 3.63) is 70.6 Å². The van der Waals surface area contributed by atoms with E-state index in [-0.39, 0.29) is 5.56 Å². The Labute approximate surface area is 165 Å². The zero-order chi connectivity index (χ0) is 19.7. The van der Waals surface area contributed by atoms with Crippen molar-refractivity contribution in [2.45, 2.75) is 6.42 Å². The summed E-state index contributed by atoms with van der Waals surface area (Å²) in [4.78, 5) is 15.8. The molecule has 0 atom stereocenters. The van der Waals surface area contributed by atoms with Gasteiger partial charge in [-0.25, -0.2) is 9.18 Å². The van der Waals surface area contributed by atoms with Crippen molar-refractivity contribution in [1.29, 1.82) is 0 Å². The third kappa shape index (κ3) is 3.69. The van der Waals surface area contributed by atoms with E-state index >= 15 is 0 Å². The summed E-state index contributed by atoms with van der Waals surface area (Å²) in [6, 6.07) is 8.97. The molecular weight excluding hydrogens is 383 g/mol. The van der Waals surface area contributed by atoms with Crippen LogP contribution in [-0.2, 0) is 4.74 Å². The number of nitrogens with zero attached hydrogens (tertiary/aromatic N) is 1. The second-order valence-electron chi connectivity index (χ2n) is 6.42. The average Bonchev–Trinajstić information content (AvgIpc) is 2.68. The molecular formula is C21H16ClFN2O3. The van der Waals surface area contributed by atoms with Crippen molar-refractivity contribution >= 4 is 45.4 Å². The Hall–Kier alpha value is -2.96. The third-order valence-electron chi connectivity index (χ3n) is 4.55. The van der Waals surface area contributed by atoms with E-state index < -0.39 is 11.8 Å². The Morgan fingerprint density at radius 1 is 1.25 bits per heavy atom. The van der Waals surface area contributed by atoms with Crippen LogP contribution >= 0.6 is 11.6 Å². The van der Waals surface area contributed by atoms with Gasteiger partial charge in [-0.15, -0.1) is 0 Å². The zero-order valence-corrected chi connectivity index (χ0v) is 15.5. The Bertz CT molecular complexity index is 1110. The van der Waals surface area contributed by atoms with E-state index in [9.17, 15) is 14.3 Å². The number of ether oxygens (including phenoxy) is 1. The number of aromatic carboxylic acids is 1. The lowest BCUT2D eigenvalue weighted by atomic mass is 9.98. The molecule has 7 heteroatoms. The molecule has 142 valence electrons. The highest BCUT2D eigenvalue weighted by atomic mass is 35.5. The van der Waals surface area contributed by atoms with Crippen molar-refractivity contribution in [2.24, 2.45) is 0 Å². The first kappa shape index (κ1) is 18.4. The quantitative estimate of drug-likeness (QED) is 0.626. The van der Waals surface area contributed by atoms with Gasteiger partial charge in [0.25, 0.3) is 0 Å². The number of hydrogen-bond donors (Lipinski definition) is 2. The molecule has 1 aromatic heterocycles. The SMILES string of the molecule is O=C(O)c1cc(F)cc(Nc2c(C3=CCOCC3)cnc3ccc(Cl)cc23)c1. The van der Waals surface area contributed by atoms with Crippen LogP contribution in [0, 0.1) is 5.82 Å². The first-order chi connectivity index (χ1) is 13.5. The number of carboxylic acids is 1. The number of pyridine rings is 1. The summed E-state index contributed by atoms with van der Waals surface area (Å²) >= 11 is 6.20. The molecule has 0 fully saturated rings. The van der Waals surface area contributed by atoms with Crippen LogP contribution in [0.25, 0.3) is 16.5 Å². The number of carbonyl (C=O) groups is 1. The lowest BCUT2D eigenvalue weighted by Gasteiger charge is -2.20. The summed E-state index contributed by atoms with van der Waals surface area (Å²) in [5, 5.41) is 13.7. The van der Waals surface area contributed by atoms with Crippen LogP contribution in [0.2, 0.25) is 5.02 Å². The van der Waals surface area contributed by atoms with Crippen LogP contribution in [0.5, 0.6) is 0 Å². The van der Waals surface area contributed by atoms with Gasteiger partial charge in [-0.2, -0.15) is 0 Å². The topological polar surface area (TPSA) is 71.5 Å². The molecule has 0 saturated heterocycles. The van der Waals surface area contributed by atoms with Crippen LogP contribution in [-0.4, -0.2) is 29.3 Å². The fourth-order valence-electron chi connectivity index (χ4n) is 3.24. The summed E-state index contributed by atoms with van der Waals surface area (Å²) in [5.41, 5.74) is 3.52. The number of fused-ring (bicyclic) bond motifs is 1. The molecule has 2 heterocycles. The third-order valence-corrected chi connectivity index (χ3v) is 4.79. The zero-order valence-electron chi connectivity index (χ0n) is 14.7. The van der Waals surface area contributed by atoms with Gasteiger partial charge < -0.3 is 15.2 Å². The molecule has 0 saturated carbocycles. The fraction of sp³-hybridized carbons (Fsp3) is 0.143. The molecule has 0 spiro atoms. The van der Waals surface area contributed by atoms with Gasteiger partial charge in [-0.3, -0.25) is 4.98 Å². The average molecular weight is 399 g/mol. The summed E-state index contributed by atoms with van der Waals surface area (Å²) < 4.78 is 19.3. The molecule has 4 rings (SSSR count). The van der Waals surface area contributed by atoms with Crippen molar-refractivity contribution in [3.63, 3.8) is 0 Å². The number of nitrogens with one attached hydrogen (secondary N) is 1. The van der Waals surface area contributed by atoms with E-state index in [2.05, 4.69) is 10.3 Å².